The van der Waals surface area contributed by atoms with Crippen molar-refractivity contribution < 1.29 is 22.8 Å². The van der Waals surface area contributed by atoms with E-state index in [2.05, 4.69) is 0 Å². The Morgan fingerprint density at radius 3 is 2.41 bits per heavy atom. The first kappa shape index (κ1) is 19.5. The molecule has 0 aliphatic carbocycles. The van der Waals surface area contributed by atoms with Gasteiger partial charge in [-0.25, -0.2) is 0 Å². The van der Waals surface area contributed by atoms with Crippen LogP contribution in [0.25, 0.3) is 0 Å². The van der Waals surface area contributed by atoms with Crippen LogP contribution in [0.1, 0.15) is 32.3 Å². The average Bonchev–Trinajstić information content (AvgIpc) is 3.02. The number of hydrogen-bond acceptors (Lipinski definition) is 3. The van der Waals surface area contributed by atoms with E-state index >= 15 is 0 Å². The first-order chi connectivity index (χ1) is 12.7. The Bertz CT molecular complexity index is 712. The van der Waals surface area contributed by atoms with Gasteiger partial charge in [-0.3, -0.25) is 9.59 Å². The Hall–Kier alpha value is -2.25. The molecule has 5 nitrogen and oxygen atoms in total. The van der Waals surface area contributed by atoms with E-state index < -0.39 is 17.8 Å². The normalized spacial score (nSPS) is 21.3. The first-order valence-corrected chi connectivity index (χ1v) is 9.20. The number of amides is 2. The molecule has 1 unspecified atom stereocenters. The highest BCUT2D eigenvalue weighted by atomic mass is 19.4. The number of benzene rings is 1. The summed E-state index contributed by atoms with van der Waals surface area (Å²) in [6.45, 7) is 5.60. The predicted molar refractivity (Wildman–Crippen MR) is 95.2 cm³/mol. The topological polar surface area (TPSA) is 43.9 Å². The standard InChI is InChI=1S/C19H24F3N3O2/c1-13(2)25-16(6-7-17(25)26)18(27)24-10-8-23(9-11-24)15-5-3-4-14(12-15)19(20,21)22/h3-5,12-13,16H,6-11H2,1-2H3. The molecule has 0 N–H and O–H groups in total. The maximum Gasteiger partial charge on any atom is 0.416 e. The summed E-state index contributed by atoms with van der Waals surface area (Å²) in [7, 11) is 0. The molecule has 1 aromatic carbocycles. The molecule has 148 valence electrons. The van der Waals surface area contributed by atoms with E-state index in [1.165, 1.54) is 6.07 Å². The molecular formula is C19H24F3N3O2. The van der Waals surface area contributed by atoms with Crippen molar-refractivity contribution in [1.82, 2.24) is 9.80 Å². The molecule has 8 heteroatoms. The number of anilines is 1. The molecule has 2 heterocycles. The largest absolute Gasteiger partial charge is 0.416 e. The quantitative estimate of drug-likeness (QED) is 0.806. The van der Waals surface area contributed by atoms with Crippen LogP contribution in [0, 0.1) is 0 Å². The second kappa shape index (κ2) is 7.40. The van der Waals surface area contributed by atoms with Gasteiger partial charge in [-0.1, -0.05) is 6.07 Å². The van der Waals surface area contributed by atoms with Crippen LogP contribution in [0.4, 0.5) is 18.9 Å². The third-order valence-electron chi connectivity index (χ3n) is 5.23. The number of rotatable bonds is 3. The highest BCUT2D eigenvalue weighted by Gasteiger charge is 2.40. The fourth-order valence-corrected chi connectivity index (χ4v) is 3.87. The van der Waals surface area contributed by atoms with Gasteiger partial charge in [0.25, 0.3) is 0 Å². The molecule has 2 aliphatic heterocycles. The molecule has 0 saturated carbocycles. The van der Waals surface area contributed by atoms with Gasteiger partial charge in [0, 0.05) is 44.3 Å². The summed E-state index contributed by atoms with van der Waals surface area (Å²) in [6, 6.07) is 4.82. The Labute approximate surface area is 156 Å². The van der Waals surface area contributed by atoms with Crippen LogP contribution in [-0.2, 0) is 15.8 Å². The van der Waals surface area contributed by atoms with Gasteiger partial charge >= 0.3 is 6.18 Å². The maximum absolute atomic E-state index is 12.9. The zero-order valence-electron chi connectivity index (χ0n) is 15.5. The van der Waals surface area contributed by atoms with Crippen LogP contribution in [0.5, 0.6) is 0 Å². The number of alkyl halides is 3. The third kappa shape index (κ3) is 4.04. The monoisotopic (exact) mass is 383 g/mol. The zero-order chi connectivity index (χ0) is 19.8. The Morgan fingerprint density at radius 1 is 1.15 bits per heavy atom. The highest BCUT2D eigenvalue weighted by Crippen LogP contribution is 2.32. The van der Waals surface area contributed by atoms with Crippen molar-refractivity contribution in [2.45, 2.75) is 44.9 Å². The van der Waals surface area contributed by atoms with E-state index in [1.807, 2.05) is 18.7 Å². The zero-order valence-corrected chi connectivity index (χ0v) is 15.5. The summed E-state index contributed by atoms with van der Waals surface area (Å²) in [6.07, 6.45) is -3.45. The van der Waals surface area contributed by atoms with Crippen LogP contribution in [0.15, 0.2) is 24.3 Å². The van der Waals surface area contributed by atoms with Gasteiger partial charge in [0.15, 0.2) is 0 Å². The first-order valence-electron chi connectivity index (χ1n) is 9.20. The lowest BCUT2D eigenvalue weighted by Crippen LogP contribution is -2.55. The number of hydrogen-bond donors (Lipinski definition) is 0. The van der Waals surface area contributed by atoms with Crippen LogP contribution >= 0.6 is 0 Å². The smallest absolute Gasteiger partial charge is 0.368 e. The van der Waals surface area contributed by atoms with Crippen LogP contribution in [-0.4, -0.2) is 59.9 Å². The molecule has 0 spiro atoms. The van der Waals surface area contributed by atoms with E-state index in [9.17, 15) is 22.8 Å². The third-order valence-corrected chi connectivity index (χ3v) is 5.23. The lowest BCUT2D eigenvalue weighted by molar-refractivity contribution is -0.143. The van der Waals surface area contributed by atoms with Crippen molar-refractivity contribution in [2.75, 3.05) is 31.1 Å². The molecule has 2 aliphatic rings. The lowest BCUT2D eigenvalue weighted by Gasteiger charge is -2.39. The number of nitrogens with zero attached hydrogens (tertiary/aromatic N) is 3. The van der Waals surface area contributed by atoms with Crippen molar-refractivity contribution in [1.29, 1.82) is 0 Å². The van der Waals surface area contributed by atoms with Gasteiger partial charge in [-0.15, -0.1) is 0 Å². The molecule has 3 rings (SSSR count). The molecule has 0 radical (unpaired) electrons. The van der Waals surface area contributed by atoms with Gasteiger partial charge in [0.1, 0.15) is 6.04 Å². The van der Waals surface area contributed by atoms with Gasteiger partial charge in [-0.05, 0) is 38.5 Å². The fourth-order valence-electron chi connectivity index (χ4n) is 3.87. The minimum atomic E-state index is -4.37. The van der Waals surface area contributed by atoms with Gasteiger partial charge in [-0.2, -0.15) is 13.2 Å². The summed E-state index contributed by atoms with van der Waals surface area (Å²) < 4.78 is 38.7. The van der Waals surface area contributed by atoms with E-state index in [0.29, 0.717) is 44.7 Å². The summed E-state index contributed by atoms with van der Waals surface area (Å²) in [5.74, 6) is -0.0517. The lowest BCUT2D eigenvalue weighted by atomic mass is 10.1. The van der Waals surface area contributed by atoms with Crippen molar-refractivity contribution in [3.8, 4) is 0 Å². The molecule has 2 amide bonds. The SMILES string of the molecule is CC(C)N1C(=O)CCC1C(=O)N1CCN(c2cccc(C(F)(F)F)c2)CC1. The van der Waals surface area contributed by atoms with Crippen molar-refractivity contribution >= 4 is 17.5 Å². The van der Waals surface area contributed by atoms with Crippen molar-refractivity contribution in [2.24, 2.45) is 0 Å². The Balaban J connectivity index is 1.64. The number of carbonyl (C=O) groups excluding carboxylic acids is 2. The minimum absolute atomic E-state index is 0.00551. The molecule has 2 fully saturated rings. The molecule has 1 atom stereocenters. The minimum Gasteiger partial charge on any atom is -0.368 e. The van der Waals surface area contributed by atoms with Gasteiger partial charge < -0.3 is 14.7 Å². The number of likely N-dealkylation sites (tertiary alicyclic amines) is 1. The van der Waals surface area contributed by atoms with Crippen molar-refractivity contribution in [3.63, 3.8) is 0 Å². The summed E-state index contributed by atoms with van der Waals surface area (Å²) in [5.41, 5.74) is -0.160. The van der Waals surface area contributed by atoms with Crippen LogP contribution in [0.2, 0.25) is 0 Å². The highest BCUT2D eigenvalue weighted by molar-refractivity contribution is 5.91. The second-order valence-corrected chi connectivity index (χ2v) is 7.31. The summed E-state index contributed by atoms with van der Waals surface area (Å²) >= 11 is 0. The number of carbonyl (C=O) groups is 2. The fraction of sp³-hybridized carbons (Fsp3) is 0.579. The number of halogens is 3. The predicted octanol–water partition coefficient (Wildman–Crippen LogP) is 2.75. The van der Waals surface area contributed by atoms with E-state index in [1.54, 1.807) is 15.9 Å². The summed E-state index contributed by atoms with van der Waals surface area (Å²) in [5, 5.41) is 0. The Kier molecular flexibility index (Phi) is 5.35. The van der Waals surface area contributed by atoms with Crippen LogP contribution in [0.3, 0.4) is 0 Å². The molecule has 27 heavy (non-hydrogen) atoms. The van der Waals surface area contributed by atoms with Crippen LogP contribution < -0.4 is 4.90 Å². The van der Waals surface area contributed by atoms with Crippen molar-refractivity contribution in [3.05, 3.63) is 29.8 Å². The second-order valence-electron chi connectivity index (χ2n) is 7.31. The maximum atomic E-state index is 12.9. The van der Waals surface area contributed by atoms with E-state index in [0.717, 1.165) is 12.1 Å². The van der Waals surface area contributed by atoms with Gasteiger partial charge in [0.05, 0.1) is 5.56 Å². The molecule has 0 aromatic heterocycles. The molecule has 2 saturated heterocycles. The van der Waals surface area contributed by atoms with E-state index in [-0.39, 0.29) is 17.9 Å². The Morgan fingerprint density at radius 2 is 1.81 bits per heavy atom. The molecule has 0 bridgehead atoms. The summed E-state index contributed by atoms with van der Waals surface area (Å²) in [4.78, 5) is 30.1. The average molecular weight is 383 g/mol. The molecular weight excluding hydrogens is 359 g/mol. The van der Waals surface area contributed by atoms with E-state index in [4.69, 9.17) is 0 Å². The molecule has 1 aromatic rings. The number of piperazine rings is 1. The van der Waals surface area contributed by atoms with Gasteiger partial charge in [0.2, 0.25) is 11.8 Å².